The molecule has 0 unspecified atom stereocenters. The third-order valence-electron chi connectivity index (χ3n) is 3.73. The molecule has 0 saturated carbocycles. The van der Waals surface area contributed by atoms with Gasteiger partial charge in [-0.1, -0.05) is 12.1 Å². The van der Waals surface area contributed by atoms with Crippen LogP contribution in [0.4, 0.5) is 24.5 Å². The lowest BCUT2D eigenvalue weighted by molar-refractivity contribution is 0.102. The highest BCUT2D eigenvalue weighted by Gasteiger charge is 2.10. The van der Waals surface area contributed by atoms with Gasteiger partial charge in [-0.05, 0) is 60.2 Å². The summed E-state index contributed by atoms with van der Waals surface area (Å²) >= 11 is 0. The van der Waals surface area contributed by atoms with E-state index in [1.807, 2.05) is 0 Å². The molecule has 3 aromatic carbocycles. The lowest BCUT2D eigenvalue weighted by atomic mass is 10.2. The number of halogens is 3. The summed E-state index contributed by atoms with van der Waals surface area (Å²) in [6.45, 7) is 0.529. The molecule has 0 heterocycles. The fourth-order valence-corrected chi connectivity index (χ4v) is 2.32. The zero-order chi connectivity index (χ0) is 18.5. The number of benzene rings is 3. The summed E-state index contributed by atoms with van der Waals surface area (Å²) in [5, 5.41) is 5.79. The molecule has 1 amide bonds. The summed E-state index contributed by atoms with van der Waals surface area (Å²) in [6, 6.07) is 16.1. The number of rotatable bonds is 5. The standard InChI is InChI=1S/C20H15F3N2O/c21-15-4-1-13(2-5-15)12-24-16-6-8-17(9-7-16)25-20(26)14-3-10-18(22)19(23)11-14/h1-11,24H,12H2,(H,25,26). The monoisotopic (exact) mass is 356 g/mol. The van der Waals surface area contributed by atoms with E-state index < -0.39 is 17.5 Å². The van der Waals surface area contributed by atoms with Crippen molar-refractivity contribution in [2.45, 2.75) is 6.54 Å². The molecule has 0 aliphatic carbocycles. The van der Waals surface area contributed by atoms with E-state index in [-0.39, 0.29) is 11.4 Å². The van der Waals surface area contributed by atoms with Gasteiger partial charge in [0, 0.05) is 23.5 Å². The van der Waals surface area contributed by atoms with Crippen molar-refractivity contribution in [3.8, 4) is 0 Å². The van der Waals surface area contributed by atoms with Crippen LogP contribution in [0, 0.1) is 17.5 Å². The minimum atomic E-state index is -1.07. The molecule has 26 heavy (non-hydrogen) atoms. The van der Waals surface area contributed by atoms with Gasteiger partial charge in [0.15, 0.2) is 11.6 Å². The molecule has 132 valence electrons. The normalized spacial score (nSPS) is 10.4. The van der Waals surface area contributed by atoms with E-state index in [1.54, 1.807) is 36.4 Å². The summed E-state index contributed by atoms with van der Waals surface area (Å²) < 4.78 is 39.0. The fraction of sp³-hybridized carbons (Fsp3) is 0.0500. The SMILES string of the molecule is O=C(Nc1ccc(NCc2ccc(F)cc2)cc1)c1ccc(F)c(F)c1. The van der Waals surface area contributed by atoms with Crippen molar-refractivity contribution in [1.29, 1.82) is 0 Å². The zero-order valence-corrected chi connectivity index (χ0v) is 13.6. The number of amides is 1. The van der Waals surface area contributed by atoms with E-state index in [9.17, 15) is 18.0 Å². The number of carbonyl (C=O) groups is 1. The van der Waals surface area contributed by atoms with Gasteiger partial charge in [-0.3, -0.25) is 4.79 Å². The van der Waals surface area contributed by atoms with Crippen LogP contribution in [0.1, 0.15) is 15.9 Å². The second-order valence-electron chi connectivity index (χ2n) is 5.64. The first-order valence-corrected chi connectivity index (χ1v) is 7.86. The minimum Gasteiger partial charge on any atom is -0.381 e. The molecule has 3 nitrogen and oxygen atoms in total. The van der Waals surface area contributed by atoms with Crippen molar-refractivity contribution in [3.05, 3.63) is 95.3 Å². The number of nitrogens with one attached hydrogen (secondary N) is 2. The predicted molar refractivity (Wildman–Crippen MR) is 94.5 cm³/mol. The summed E-state index contributed by atoms with van der Waals surface area (Å²) in [7, 11) is 0. The third-order valence-corrected chi connectivity index (χ3v) is 3.73. The Kier molecular flexibility index (Phi) is 5.22. The van der Waals surface area contributed by atoms with Gasteiger partial charge in [-0.2, -0.15) is 0 Å². The van der Waals surface area contributed by atoms with Gasteiger partial charge >= 0.3 is 0 Å². The van der Waals surface area contributed by atoms with Gasteiger partial charge in [0.25, 0.3) is 5.91 Å². The molecule has 0 aliphatic rings. The zero-order valence-electron chi connectivity index (χ0n) is 13.6. The highest BCUT2D eigenvalue weighted by atomic mass is 19.2. The summed E-state index contributed by atoms with van der Waals surface area (Å²) in [4.78, 5) is 12.1. The molecule has 0 radical (unpaired) electrons. The maximum absolute atomic E-state index is 13.2. The number of hydrogen-bond donors (Lipinski definition) is 2. The van der Waals surface area contributed by atoms with E-state index in [4.69, 9.17) is 0 Å². The topological polar surface area (TPSA) is 41.1 Å². The molecule has 3 rings (SSSR count). The Bertz CT molecular complexity index is 909. The first-order valence-electron chi connectivity index (χ1n) is 7.86. The highest BCUT2D eigenvalue weighted by Crippen LogP contribution is 2.16. The Balaban J connectivity index is 1.59. The molecule has 0 spiro atoms. The molecule has 0 saturated heterocycles. The molecule has 0 fully saturated rings. The van der Waals surface area contributed by atoms with Crippen molar-refractivity contribution < 1.29 is 18.0 Å². The number of anilines is 2. The second-order valence-corrected chi connectivity index (χ2v) is 5.64. The van der Waals surface area contributed by atoms with Crippen LogP contribution in [0.25, 0.3) is 0 Å². The van der Waals surface area contributed by atoms with E-state index in [2.05, 4.69) is 10.6 Å². The average molecular weight is 356 g/mol. The first kappa shape index (κ1) is 17.5. The highest BCUT2D eigenvalue weighted by molar-refractivity contribution is 6.04. The van der Waals surface area contributed by atoms with Gasteiger partial charge in [0.05, 0.1) is 0 Å². The van der Waals surface area contributed by atoms with Crippen molar-refractivity contribution in [2.24, 2.45) is 0 Å². The van der Waals surface area contributed by atoms with E-state index in [0.717, 1.165) is 23.4 Å². The Morgan fingerprint density at radius 3 is 2.08 bits per heavy atom. The minimum absolute atomic E-state index is 0.0300. The molecule has 0 aliphatic heterocycles. The lowest BCUT2D eigenvalue weighted by Gasteiger charge is -2.09. The van der Waals surface area contributed by atoms with Crippen LogP contribution in [0.3, 0.4) is 0 Å². The number of hydrogen-bond acceptors (Lipinski definition) is 2. The van der Waals surface area contributed by atoms with Crippen LogP contribution in [0.5, 0.6) is 0 Å². The van der Waals surface area contributed by atoms with Crippen LogP contribution in [-0.2, 0) is 6.54 Å². The molecule has 6 heteroatoms. The maximum atomic E-state index is 13.2. The Morgan fingerprint density at radius 2 is 1.42 bits per heavy atom. The van der Waals surface area contributed by atoms with Crippen LogP contribution < -0.4 is 10.6 Å². The molecular weight excluding hydrogens is 341 g/mol. The fourth-order valence-electron chi connectivity index (χ4n) is 2.32. The lowest BCUT2D eigenvalue weighted by Crippen LogP contribution is -2.12. The molecular formula is C20H15F3N2O. The van der Waals surface area contributed by atoms with Gasteiger partial charge in [-0.15, -0.1) is 0 Å². The summed E-state index contributed by atoms with van der Waals surface area (Å²) in [5.41, 5.74) is 2.30. The molecule has 2 N–H and O–H groups in total. The van der Waals surface area contributed by atoms with Crippen molar-refractivity contribution in [1.82, 2.24) is 0 Å². The van der Waals surface area contributed by atoms with Crippen molar-refractivity contribution in [3.63, 3.8) is 0 Å². The maximum Gasteiger partial charge on any atom is 0.255 e. The second kappa shape index (κ2) is 7.74. The Hall–Kier alpha value is -3.28. The van der Waals surface area contributed by atoms with Crippen LogP contribution in [-0.4, -0.2) is 5.91 Å². The van der Waals surface area contributed by atoms with Crippen LogP contribution >= 0.6 is 0 Å². The summed E-state index contributed by atoms with van der Waals surface area (Å²) in [6.07, 6.45) is 0. The molecule has 0 bridgehead atoms. The van der Waals surface area contributed by atoms with Gasteiger partial charge in [0.2, 0.25) is 0 Å². The van der Waals surface area contributed by atoms with Crippen molar-refractivity contribution >= 4 is 17.3 Å². The molecule has 0 atom stereocenters. The van der Waals surface area contributed by atoms with Crippen LogP contribution in [0.2, 0.25) is 0 Å². The molecule has 0 aromatic heterocycles. The van der Waals surface area contributed by atoms with E-state index in [1.165, 1.54) is 18.2 Å². The smallest absolute Gasteiger partial charge is 0.255 e. The van der Waals surface area contributed by atoms with Gasteiger partial charge in [-0.25, -0.2) is 13.2 Å². The third kappa shape index (κ3) is 4.42. The predicted octanol–water partition coefficient (Wildman–Crippen LogP) is 4.97. The quantitative estimate of drug-likeness (QED) is 0.678. The largest absolute Gasteiger partial charge is 0.381 e. The van der Waals surface area contributed by atoms with E-state index >= 15 is 0 Å². The Labute approximate surface area is 148 Å². The molecule has 3 aromatic rings. The Morgan fingerprint density at radius 1 is 0.769 bits per heavy atom. The summed E-state index contributed by atoms with van der Waals surface area (Å²) in [5.74, 6) is -2.89. The van der Waals surface area contributed by atoms with E-state index in [0.29, 0.717) is 12.2 Å². The van der Waals surface area contributed by atoms with Crippen molar-refractivity contribution in [2.75, 3.05) is 10.6 Å². The average Bonchev–Trinajstić information content (AvgIpc) is 2.64. The first-order chi connectivity index (χ1) is 12.5. The van der Waals surface area contributed by atoms with Gasteiger partial charge in [0.1, 0.15) is 5.82 Å². The number of carbonyl (C=O) groups excluding carboxylic acids is 1. The van der Waals surface area contributed by atoms with Gasteiger partial charge < -0.3 is 10.6 Å². The van der Waals surface area contributed by atoms with Crippen LogP contribution in [0.15, 0.2) is 66.7 Å².